The first-order valence-corrected chi connectivity index (χ1v) is 9.39. The first kappa shape index (κ1) is 16.3. The van der Waals surface area contributed by atoms with Crippen molar-refractivity contribution < 1.29 is 15.1 Å². The van der Waals surface area contributed by atoms with Crippen LogP contribution in [0, 0.1) is 0 Å². The van der Waals surface area contributed by atoms with Crippen molar-refractivity contribution in [3.63, 3.8) is 0 Å². The zero-order valence-corrected chi connectivity index (χ0v) is 14.0. The number of rotatable bonds is 3. The third-order valence-corrected chi connectivity index (χ3v) is 5.92. The van der Waals surface area contributed by atoms with Crippen molar-refractivity contribution in [2.75, 3.05) is 0 Å². The molecule has 0 unspecified atom stereocenters. The van der Waals surface area contributed by atoms with Crippen LogP contribution in [0.15, 0.2) is 91.0 Å². The summed E-state index contributed by atoms with van der Waals surface area (Å²) in [4.78, 5) is 0. The molecule has 0 spiro atoms. The molecule has 0 radical (unpaired) electrons. The van der Waals surface area contributed by atoms with Gasteiger partial charge in [-0.2, -0.15) is 0 Å². The Labute approximate surface area is 140 Å². The summed E-state index contributed by atoms with van der Waals surface area (Å²) in [6, 6.07) is 32.5. The Kier molecular flexibility index (Phi) is 7.00. The molecule has 0 saturated carbocycles. The molecule has 110 valence electrons. The summed E-state index contributed by atoms with van der Waals surface area (Å²) >= 11 is 3.66. The Morgan fingerprint density at radius 2 is 0.714 bits per heavy atom. The molecule has 0 heterocycles. The van der Waals surface area contributed by atoms with Gasteiger partial charge in [-0.25, -0.2) is 0 Å². The van der Waals surface area contributed by atoms with Crippen molar-refractivity contribution in [1.82, 2.24) is 0 Å². The second-order valence-electron chi connectivity index (χ2n) is 4.47. The Morgan fingerprint density at radius 1 is 0.476 bits per heavy atom. The molecule has 21 heavy (non-hydrogen) atoms. The van der Waals surface area contributed by atoms with E-state index in [0.717, 1.165) is 0 Å². The third kappa shape index (κ3) is 4.43. The SMILES string of the molecule is [Cl][Cu].c1ccc([PH+](c2ccccc2)c2ccccc2)cc1. The van der Waals surface area contributed by atoms with E-state index in [4.69, 9.17) is 0 Å². The second kappa shape index (κ2) is 9.03. The van der Waals surface area contributed by atoms with E-state index in [1.165, 1.54) is 15.9 Å². The largest absolute Gasteiger partial charge is 0.102 e. The van der Waals surface area contributed by atoms with Crippen LogP contribution in [0.3, 0.4) is 0 Å². The van der Waals surface area contributed by atoms with Crippen molar-refractivity contribution in [1.29, 1.82) is 0 Å². The van der Waals surface area contributed by atoms with Crippen LogP contribution in [0.4, 0.5) is 0 Å². The van der Waals surface area contributed by atoms with Crippen LogP contribution in [0.25, 0.3) is 0 Å². The molecule has 0 bridgehead atoms. The fourth-order valence-electron chi connectivity index (χ4n) is 2.31. The van der Waals surface area contributed by atoms with E-state index in [-0.39, 0.29) is 0 Å². The fraction of sp³-hybridized carbons (Fsp3) is 0. The molecule has 0 amide bonds. The first-order valence-electron chi connectivity index (χ1n) is 6.60. The summed E-state index contributed by atoms with van der Waals surface area (Å²) < 4.78 is 0. The van der Waals surface area contributed by atoms with Gasteiger partial charge in [0.15, 0.2) is 0 Å². The minimum Gasteiger partial charge on any atom is -0.0620 e. The van der Waals surface area contributed by atoms with Gasteiger partial charge in [-0.1, -0.05) is 54.6 Å². The molecular weight excluding hydrogens is 346 g/mol. The van der Waals surface area contributed by atoms with Crippen LogP contribution < -0.4 is 15.9 Å². The number of halogens is 1. The van der Waals surface area contributed by atoms with Gasteiger partial charge in [0.05, 0.1) is 7.92 Å². The maximum absolute atomic E-state index is 4.20. The van der Waals surface area contributed by atoms with Gasteiger partial charge in [-0.3, -0.25) is 0 Å². The van der Waals surface area contributed by atoms with Gasteiger partial charge in [-0.05, 0) is 36.4 Å². The average Bonchev–Trinajstić information content (AvgIpc) is 2.60. The Bertz CT molecular complexity index is 535. The number of benzene rings is 3. The minimum atomic E-state index is -0.877. The summed E-state index contributed by atoms with van der Waals surface area (Å²) in [5.41, 5.74) is 0. The van der Waals surface area contributed by atoms with Crippen LogP contribution >= 0.6 is 18.0 Å². The van der Waals surface area contributed by atoms with Crippen LogP contribution in [-0.2, 0) is 15.1 Å². The smallest absolute Gasteiger partial charge is 0.0620 e. The molecule has 0 nitrogen and oxygen atoms in total. The zero-order valence-electron chi connectivity index (χ0n) is 11.3. The summed E-state index contributed by atoms with van der Waals surface area (Å²) in [7, 11) is 3.32. The molecule has 0 fully saturated rings. The van der Waals surface area contributed by atoms with Crippen LogP contribution in [0.5, 0.6) is 0 Å². The van der Waals surface area contributed by atoms with E-state index in [0.29, 0.717) is 0 Å². The quantitative estimate of drug-likeness (QED) is 0.490. The van der Waals surface area contributed by atoms with E-state index < -0.39 is 7.92 Å². The Morgan fingerprint density at radius 3 is 0.952 bits per heavy atom. The van der Waals surface area contributed by atoms with Crippen molar-refractivity contribution in [3.8, 4) is 0 Å². The first-order chi connectivity index (χ1) is 10.4. The van der Waals surface area contributed by atoms with E-state index in [9.17, 15) is 0 Å². The predicted molar refractivity (Wildman–Crippen MR) is 92.4 cm³/mol. The second-order valence-corrected chi connectivity index (χ2v) is 6.96. The maximum atomic E-state index is 4.20. The standard InChI is InChI=1S/C18H15P.ClH.Cu/c1-4-10-16(11-5-1)19(17-12-6-2-7-13-17)18-14-8-3-9-15-18;;/h1-15H;1H;/q;;+1. The fourth-order valence-corrected chi connectivity index (χ4v) is 4.89. The topological polar surface area (TPSA) is 0 Å². The number of hydrogen-bond acceptors (Lipinski definition) is 0. The average molecular weight is 362 g/mol. The van der Waals surface area contributed by atoms with Crippen molar-refractivity contribution in [3.05, 3.63) is 91.0 Å². The molecule has 3 aromatic carbocycles. The molecule has 0 aliphatic heterocycles. The van der Waals surface area contributed by atoms with E-state index in [1.54, 1.807) is 0 Å². The predicted octanol–water partition coefficient (Wildman–Crippen LogP) is 3.86. The van der Waals surface area contributed by atoms with Gasteiger partial charge in [-0.15, -0.1) is 0 Å². The van der Waals surface area contributed by atoms with Crippen LogP contribution in [0.1, 0.15) is 0 Å². The van der Waals surface area contributed by atoms with Gasteiger partial charge >= 0.3 is 25.2 Å². The molecule has 0 aromatic heterocycles. The Balaban J connectivity index is 0.000000774. The van der Waals surface area contributed by atoms with Crippen molar-refractivity contribution in [2.24, 2.45) is 0 Å². The third-order valence-electron chi connectivity index (χ3n) is 3.19. The molecule has 3 heteroatoms. The maximum Gasteiger partial charge on any atom is 0.102 e. The van der Waals surface area contributed by atoms with Crippen LogP contribution in [-0.4, -0.2) is 0 Å². The molecular formula is C18H16ClCuP+. The van der Waals surface area contributed by atoms with Gasteiger partial charge in [0.25, 0.3) is 0 Å². The number of hydrogen-bond donors (Lipinski definition) is 0. The zero-order chi connectivity index (χ0) is 14.9. The van der Waals surface area contributed by atoms with Gasteiger partial charge in [0, 0.05) is 0 Å². The molecule has 3 rings (SSSR count). The molecule has 0 saturated heterocycles. The summed E-state index contributed by atoms with van der Waals surface area (Å²) in [6.07, 6.45) is 0. The van der Waals surface area contributed by atoms with Gasteiger partial charge in [0.2, 0.25) is 0 Å². The molecule has 0 aliphatic rings. The summed E-state index contributed by atoms with van der Waals surface area (Å²) in [6.45, 7) is 0. The minimum absolute atomic E-state index is 0.877. The molecule has 3 aromatic rings. The monoisotopic (exact) mass is 361 g/mol. The van der Waals surface area contributed by atoms with E-state index >= 15 is 0 Å². The molecule has 0 N–H and O–H groups in total. The summed E-state index contributed by atoms with van der Waals surface area (Å²) in [5.74, 6) is 0. The summed E-state index contributed by atoms with van der Waals surface area (Å²) in [5, 5.41) is 4.31. The van der Waals surface area contributed by atoms with Crippen molar-refractivity contribution >= 4 is 33.9 Å². The van der Waals surface area contributed by atoms with Crippen molar-refractivity contribution in [2.45, 2.75) is 0 Å². The van der Waals surface area contributed by atoms with Gasteiger partial charge in [0.1, 0.15) is 15.9 Å². The molecule has 0 aliphatic carbocycles. The van der Waals surface area contributed by atoms with E-state index in [1.807, 2.05) is 0 Å². The Hall–Kier alpha value is -1.10. The van der Waals surface area contributed by atoms with Gasteiger partial charge < -0.3 is 0 Å². The molecule has 0 atom stereocenters. The normalized spacial score (nSPS) is 9.90. The van der Waals surface area contributed by atoms with Crippen LogP contribution in [0.2, 0.25) is 0 Å². The van der Waals surface area contributed by atoms with E-state index in [2.05, 4.69) is 116 Å².